The summed E-state index contributed by atoms with van der Waals surface area (Å²) >= 11 is 0. The molecule has 0 spiro atoms. The number of nitrogens with zero attached hydrogens (tertiary/aromatic N) is 3. The van der Waals surface area contributed by atoms with Crippen molar-refractivity contribution in [2.24, 2.45) is 5.73 Å². The van der Waals surface area contributed by atoms with Gasteiger partial charge in [0.2, 0.25) is 0 Å². The van der Waals surface area contributed by atoms with E-state index in [0.29, 0.717) is 23.0 Å². The molecule has 38 heavy (non-hydrogen) atoms. The average Bonchev–Trinajstić information content (AvgIpc) is 3.25. The topological polar surface area (TPSA) is 136 Å². The number of aromatic nitrogens is 3. The predicted octanol–water partition coefficient (Wildman–Crippen LogP) is 5.96. The Morgan fingerprint density at radius 2 is 1.63 bits per heavy atom. The van der Waals surface area contributed by atoms with Crippen LogP contribution in [0.1, 0.15) is 11.3 Å². The number of anilines is 3. The van der Waals surface area contributed by atoms with Crippen LogP contribution in [0.3, 0.4) is 0 Å². The quantitative estimate of drug-likeness (QED) is 0.225. The van der Waals surface area contributed by atoms with Crippen molar-refractivity contribution in [3.8, 4) is 17.2 Å². The summed E-state index contributed by atoms with van der Waals surface area (Å²) in [6.45, 7) is 3.89. The van der Waals surface area contributed by atoms with Crippen molar-refractivity contribution < 1.29 is 14.3 Å². The van der Waals surface area contributed by atoms with Gasteiger partial charge in [-0.05, 0) is 44.2 Å². The fraction of sp³-hybridized carbons (Fsp3) is 0.0714. The molecule has 10 nitrogen and oxygen atoms in total. The number of aryl methyl sites for hydroxylation is 2. The van der Waals surface area contributed by atoms with Crippen molar-refractivity contribution in [3.05, 3.63) is 96.3 Å². The van der Waals surface area contributed by atoms with E-state index < -0.39 is 12.1 Å². The lowest BCUT2D eigenvalue weighted by Crippen LogP contribution is -2.21. The fourth-order valence-corrected chi connectivity index (χ4v) is 4.01. The van der Waals surface area contributed by atoms with Crippen LogP contribution in [0.15, 0.2) is 85.1 Å². The normalized spacial score (nSPS) is 10.7. The maximum absolute atomic E-state index is 13.0. The van der Waals surface area contributed by atoms with Crippen LogP contribution in [-0.4, -0.2) is 26.8 Å². The zero-order valence-corrected chi connectivity index (χ0v) is 20.7. The van der Waals surface area contributed by atoms with Crippen molar-refractivity contribution in [1.82, 2.24) is 14.8 Å². The maximum Gasteiger partial charge on any atom is 0.324 e. The standard InChI is InChI=1S/C28H25N7O3/c1-17-7-9-19(10-8-17)35-26(15-18(2)34-35)33-28(37)31-23-11-12-24(22-6-4-3-5-21(22)23)38-20-13-14-30-25(16-20)32-27(29)36/h3-16H,1-2H3,(H2,31,33,37)(H3,29,30,32,36). The van der Waals surface area contributed by atoms with Crippen LogP contribution in [0.5, 0.6) is 11.5 Å². The highest BCUT2D eigenvalue weighted by molar-refractivity contribution is 6.07. The van der Waals surface area contributed by atoms with Crippen molar-refractivity contribution in [2.75, 3.05) is 16.0 Å². The highest BCUT2D eigenvalue weighted by Gasteiger charge is 2.14. The van der Waals surface area contributed by atoms with E-state index in [-0.39, 0.29) is 5.82 Å². The molecule has 10 heteroatoms. The van der Waals surface area contributed by atoms with Gasteiger partial charge in [0.1, 0.15) is 23.1 Å². The molecule has 4 amide bonds. The Labute approximate surface area is 218 Å². The lowest BCUT2D eigenvalue weighted by atomic mass is 10.1. The summed E-state index contributed by atoms with van der Waals surface area (Å²) in [5.41, 5.74) is 8.54. The van der Waals surface area contributed by atoms with E-state index in [0.717, 1.165) is 27.7 Å². The first-order valence-corrected chi connectivity index (χ1v) is 11.8. The minimum Gasteiger partial charge on any atom is -0.457 e. The van der Waals surface area contributed by atoms with E-state index in [1.54, 1.807) is 28.9 Å². The van der Waals surface area contributed by atoms with Gasteiger partial charge in [0.15, 0.2) is 0 Å². The molecule has 0 radical (unpaired) electrons. The molecular formula is C28H25N7O3. The number of carbonyl (C=O) groups is 2. The maximum atomic E-state index is 13.0. The molecular weight excluding hydrogens is 482 g/mol. The second-order valence-corrected chi connectivity index (χ2v) is 8.62. The van der Waals surface area contributed by atoms with Crippen molar-refractivity contribution in [1.29, 1.82) is 0 Å². The van der Waals surface area contributed by atoms with Gasteiger partial charge in [-0.15, -0.1) is 0 Å². The van der Waals surface area contributed by atoms with Crippen LogP contribution in [-0.2, 0) is 0 Å². The number of urea groups is 2. The molecule has 0 saturated carbocycles. The van der Waals surface area contributed by atoms with Gasteiger partial charge >= 0.3 is 12.1 Å². The third-order valence-electron chi connectivity index (χ3n) is 5.69. The molecule has 0 saturated heterocycles. The summed E-state index contributed by atoms with van der Waals surface area (Å²) < 4.78 is 7.77. The van der Waals surface area contributed by atoms with Gasteiger partial charge in [-0.1, -0.05) is 42.0 Å². The van der Waals surface area contributed by atoms with Gasteiger partial charge in [-0.2, -0.15) is 5.10 Å². The van der Waals surface area contributed by atoms with Gasteiger partial charge < -0.3 is 15.8 Å². The first kappa shape index (κ1) is 24.3. The molecule has 0 unspecified atom stereocenters. The number of pyridine rings is 1. The molecule has 0 atom stereocenters. The largest absolute Gasteiger partial charge is 0.457 e. The van der Waals surface area contributed by atoms with Crippen LogP contribution in [0, 0.1) is 13.8 Å². The summed E-state index contributed by atoms with van der Waals surface area (Å²) in [5.74, 6) is 1.85. The average molecular weight is 508 g/mol. The number of nitrogens with two attached hydrogens (primary N) is 1. The highest BCUT2D eigenvalue weighted by Crippen LogP contribution is 2.35. The SMILES string of the molecule is Cc1ccc(-n2nc(C)cc2NC(=O)Nc2ccc(Oc3ccnc(NC(N)=O)c3)c3ccccc23)cc1. The number of hydrogen-bond donors (Lipinski definition) is 4. The van der Waals surface area contributed by atoms with E-state index in [9.17, 15) is 9.59 Å². The molecule has 2 aromatic heterocycles. The van der Waals surface area contributed by atoms with E-state index >= 15 is 0 Å². The zero-order chi connectivity index (χ0) is 26.6. The Morgan fingerprint density at radius 3 is 2.39 bits per heavy atom. The summed E-state index contributed by atoms with van der Waals surface area (Å²) in [6.07, 6.45) is 1.51. The van der Waals surface area contributed by atoms with Crippen LogP contribution >= 0.6 is 0 Å². The second kappa shape index (κ2) is 10.3. The molecule has 190 valence electrons. The number of nitrogens with one attached hydrogen (secondary N) is 3. The van der Waals surface area contributed by atoms with E-state index in [2.05, 4.69) is 26.0 Å². The summed E-state index contributed by atoms with van der Waals surface area (Å²) in [5, 5.41) is 14.3. The van der Waals surface area contributed by atoms with Crippen LogP contribution in [0.2, 0.25) is 0 Å². The van der Waals surface area contributed by atoms with Gasteiger partial charge in [0, 0.05) is 29.1 Å². The monoisotopic (exact) mass is 507 g/mol. The molecule has 5 N–H and O–H groups in total. The van der Waals surface area contributed by atoms with Gasteiger partial charge in [-0.3, -0.25) is 10.6 Å². The molecule has 5 rings (SSSR count). The molecule has 0 aliphatic carbocycles. The third kappa shape index (κ3) is 5.39. The minimum atomic E-state index is -0.717. The Morgan fingerprint density at radius 1 is 0.868 bits per heavy atom. The number of carbonyl (C=O) groups excluding carboxylic acids is 2. The molecule has 3 aromatic carbocycles. The molecule has 0 aliphatic rings. The number of primary amides is 1. The third-order valence-corrected chi connectivity index (χ3v) is 5.69. The number of hydrogen-bond acceptors (Lipinski definition) is 5. The van der Waals surface area contributed by atoms with Gasteiger partial charge in [0.25, 0.3) is 0 Å². The highest BCUT2D eigenvalue weighted by atomic mass is 16.5. The smallest absolute Gasteiger partial charge is 0.324 e. The summed E-state index contributed by atoms with van der Waals surface area (Å²) in [6, 6.07) is 22.9. The first-order chi connectivity index (χ1) is 18.4. The van der Waals surface area contributed by atoms with Crippen molar-refractivity contribution >= 4 is 40.2 Å². The van der Waals surface area contributed by atoms with Crippen molar-refractivity contribution in [3.63, 3.8) is 0 Å². The number of ether oxygens (including phenoxy) is 1. The Balaban J connectivity index is 1.38. The first-order valence-electron chi connectivity index (χ1n) is 11.8. The summed E-state index contributed by atoms with van der Waals surface area (Å²) in [7, 11) is 0. The van der Waals surface area contributed by atoms with E-state index in [1.165, 1.54) is 6.20 Å². The van der Waals surface area contributed by atoms with Gasteiger partial charge in [0.05, 0.1) is 17.1 Å². The van der Waals surface area contributed by atoms with Crippen LogP contribution in [0.4, 0.5) is 26.9 Å². The number of fused-ring (bicyclic) bond motifs is 1. The minimum absolute atomic E-state index is 0.273. The lowest BCUT2D eigenvalue weighted by Gasteiger charge is -2.14. The summed E-state index contributed by atoms with van der Waals surface area (Å²) in [4.78, 5) is 28.2. The molecule has 0 bridgehead atoms. The second-order valence-electron chi connectivity index (χ2n) is 8.62. The molecule has 2 heterocycles. The van der Waals surface area contributed by atoms with E-state index in [4.69, 9.17) is 10.5 Å². The van der Waals surface area contributed by atoms with E-state index in [1.807, 2.05) is 68.4 Å². The number of rotatable bonds is 6. The molecule has 5 aromatic rings. The van der Waals surface area contributed by atoms with Crippen LogP contribution < -0.4 is 26.4 Å². The van der Waals surface area contributed by atoms with Crippen molar-refractivity contribution in [2.45, 2.75) is 13.8 Å². The Kier molecular flexibility index (Phi) is 6.60. The Bertz CT molecular complexity index is 1640. The number of amides is 4. The molecule has 0 fully saturated rings. The molecule has 0 aliphatic heterocycles. The Hall–Kier alpha value is -5.38. The predicted molar refractivity (Wildman–Crippen MR) is 147 cm³/mol. The number of benzene rings is 3. The van der Waals surface area contributed by atoms with Crippen LogP contribution in [0.25, 0.3) is 16.5 Å². The zero-order valence-electron chi connectivity index (χ0n) is 20.7. The fourth-order valence-electron chi connectivity index (χ4n) is 4.01. The van der Waals surface area contributed by atoms with Gasteiger partial charge in [-0.25, -0.2) is 19.3 Å². The lowest BCUT2D eigenvalue weighted by molar-refractivity contribution is 0.259.